The molecule has 0 radical (unpaired) electrons. The number of rotatable bonds is 6. The Morgan fingerprint density at radius 1 is 1.29 bits per heavy atom. The van der Waals surface area contributed by atoms with Crippen LogP contribution in [0.15, 0.2) is 48.7 Å². The van der Waals surface area contributed by atoms with Gasteiger partial charge in [-0.3, -0.25) is 9.78 Å². The largest absolute Gasteiger partial charge is 0.376 e. The van der Waals surface area contributed by atoms with Crippen molar-refractivity contribution in [2.75, 3.05) is 13.2 Å². The molecule has 0 bridgehead atoms. The lowest BCUT2D eigenvalue weighted by atomic mass is 9.93. The number of nitrogens with one attached hydrogen (secondary N) is 1. The van der Waals surface area contributed by atoms with E-state index in [4.69, 9.17) is 4.74 Å². The van der Waals surface area contributed by atoms with Gasteiger partial charge in [-0.1, -0.05) is 18.2 Å². The first-order valence-electron chi connectivity index (χ1n) is 8.27. The van der Waals surface area contributed by atoms with Crippen molar-refractivity contribution in [2.45, 2.75) is 31.3 Å². The molecule has 2 atom stereocenters. The highest BCUT2D eigenvalue weighted by molar-refractivity contribution is 5.84. The Balaban J connectivity index is 1.72. The highest BCUT2D eigenvalue weighted by Crippen LogP contribution is 2.21. The topological polar surface area (TPSA) is 51.2 Å². The molecule has 0 saturated carbocycles. The first-order valence-corrected chi connectivity index (χ1v) is 8.27. The van der Waals surface area contributed by atoms with Gasteiger partial charge < -0.3 is 10.1 Å². The normalized spacial score (nSPS) is 18.3. The third kappa shape index (κ3) is 4.38. The molecule has 1 aromatic heterocycles. The van der Waals surface area contributed by atoms with E-state index in [2.05, 4.69) is 10.3 Å². The summed E-state index contributed by atoms with van der Waals surface area (Å²) in [5.74, 6) is -0.792. The van der Waals surface area contributed by atoms with Crippen molar-refractivity contribution in [1.29, 1.82) is 0 Å². The fraction of sp³-hybridized carbons (Fsp3) is 0.368. The number of carbonyl (C=O) groups is 1. The van der Waals surface area contributed by atoms with Gasteiger partial charge in [0.15, 0.2) is 0 Å². The van der Waals surface area contributed by atoms with Crippen molar-refractivity contribution in [3.05, 3.63) is 65.7 Å². The molecule has 1 amide bonds. The summed E-state index contributed by atoms with van der Waals surface area (Å²) in [7, 11) is 0. The number of carbonyl (C=O) groups excluding carboxylic acids is 1. The molecule has 1 N–H and O–H groups in total. The van der Waals surface area contributed by atoms with Crippen molar-refractivity contribution in [3.8, 4) is 0 Å². The maximum absolute atomic E-state index is 13.2. The zero-order valence-electron chi connectivity index (χ0n) is 13.5. The summed E-state index contributed by atoms with van der Waals surface area (Å²) in [5.41, 5.74) is 1.62. The SMILES string of the molecule is O=C(NCC1CCCO1)C(Cc1ccccn1)c1ccc(F)cc1. The first kappa shape index (κ1) is 16.6. The van der Waals surface area contributed by atoms with Gasteiger partial charge in [-0.05, 0) is 42.7 Å². The number of hydrogen-bond donors (Lipinski definition) is 1. The minimum atomic E-state index is -0.401. The molecule has 24 heavy (non-hydrogen) atoms. The van der Waals surface area contributed by atoms with Crippen molar-refractivity contribution in [2.24, 2.45) is 0 Å². The average molecular weight is 328 g/mol. The van der Waals surface area contributed by atoms with Gasteiger partial charge in [-0.25, -0.2) is 4.39 Å². The van der Waals surface area contributed by atoms with Gasteiger partial charge in [0.2, 0.25) is 5.91 Å². The van der Waals surface area contributed by atoms with Gasteiger partial charge in [0, 0.05) is 31.5 Å². The van der Waals surface area contributed by atoms with E-state index >= 15 is 0 Å². The Bertz CT molecular complexity index is 655. The smallest absolute Gasteiger partial charge is 0.228 e. The minimum absolute atomic E-state index is 0.0808. The standard InChI is InChI=1S/C19H21FN2O2/c20-15-8-6-14(7-9-15)18(12-16-4-1-2-10-21-16)19(23)22-13-17-5-3-11-24-17/h1-2,4,6-10,17-18H,3,5,11-13H2,(H,22,23). The predicted octanol–water partition coefficient (Wildman–Crippen LogP) is 2.84. The lowest BCUT2D eigenvalue weighted by Crippen LogP contribution is -2.36. The summed E-state index contributed by atoms with van der Waals surface area (Å²) in [4.78, 5) is 17.0. The number of hydrogen-bond acceptors (Lipinski definition) is 3. The Labute approximate surface area is 141 Å². The fourth-order valence-corrected chi connectivity index (χ4v) is 2.93. The molecule has 126 valence electrons. The zero-order chi connectivity index (χ0) is 16.8. The van der Waals surface area contributed by atoms with Crippen molar-refractivity contribution in [1.82, 2.24) is 10.3 Å². The number of aromatic nitrogens is 1. The molecule has 3 rings (SSSR count). The van der Waals surface area contributed by atoms with E-state index in [0.717, 1.165) is 30.7 Å². The lowest BCUT2D eigenvalue weighted by molar-refractivity contribution is -0.123. The van der Waals surface area contributed by atoms with Crippen molar-refractivity contribution in [3.63, 3.8) is 0 Å². The number of pyridine rings is 1. The van der Waals surface area contributed by atoms with E-state index < -0.39 is 5.92 Å². The Kier molecular flexibility index (Phi) is 5.54. The molecule has 1 fully saturated rings. The Morgan fingerprint density at radius 3 is 2.79 bits per heavy atom. The minimum Gasteiger partial charge on any atom is -0.376 e. The van der Waals surface area contributed by atoms with Crippen LogP contribution in [0.5, 0.6) is 0 Å². The maximum atomic E-state index is 13.2. The van der Waals surface area contributed by atoms with E-state index in [0.29, 0.717) is 13.0 Å². The van der Waals surface area contributed by atoms with E-state index in [-0.39, 0.29) is 17.8 Å². The Morgan fingerprint density at radius 2 is 2.12 bits per heavy atom. The van der Waals surface area contributed by atoms with Crippen LogP contribution in [0.3, 0.4) is 0 Å². The van der Waals surface area contributed by atoms with Crippen LogP contribution in [0.4, 0.5) is 4.39 Å². The molecule has 0 aliphatic carbocycles. The second-order valence-corrected chi connectivity index (χ2v) is 6.01. The van der Waals surface area contributed by atoms with Crippen molar-refractivity contribution >= 4 is 5.91 Å². The number of amides is 1. The monoisotopic (exact) mass is 328 g/mol. The van der Waals surface area contributed by atoms with Crippen LogP contribution in [-0.4, -0.2) is 30.1 Å². The summed E-state index contributed by atoms with van der Waals surface area (Å²) >= 11 is 0. The highest BCUT2D eigenvalue weighted by atomic mass is 19.1. The van der Waals surface area contributed by atoms with Crippen LogP contribution >= 0.6 is 0 Å². The molecule has 2 unspecified atom stereocenters. The number of halogens is 1. The predicted molar refractivity (Wildman–Crippen MR) is 89.1 cm³/mol. The van der Waals surface area contributed by atoms with Gasteiger partial charge in [-0.15, -0.1) is 0 Å². The van der Waals surface area contributed by atoms with Crippen LogP contribution < -0.4 is 5.32 Å². The number of benzene rings is 1. The second-order valence-electron chi connectivity index (χ2n) is 6.01. The maximum Gasteiger partial charge on any atom is 0.228 e. The first-order chi connectivity index (χ1) is 11.7. The molecule has 2 aromatic rings. The van der Waals surface area contributed by atoms with Crippen LogP contribution in [-0.2, 0) is 16.0 Å². The van der Waals surface area contributed by atoms with E-state index in [9.17, 15) is 9.18 Å². The fourth-order valence-electron chi connectivity index (χ4n) is 2.93. The van der Waals surface area contributed by atoms with E-state index in [1.54, 1.807) is 18.3 Å². The van der Waals surface area contributed by atoms with Crippen LogP contribution in [0, 0.1) is 5.82 Å². The molecule has 4 nitrogen and oxygen atoms in total. The van der Waals surface area contributed by atoms with Crippen molar-refractivity contribution < 1.29 is 13.9 Å². The average Bonchev–Trinajstić information content (AvgIpc) is 3.13. The quantitative estimate of drug-likeness (QED) is 0.887. The van der Waals surface area contributed by atoms with Gasteiger partial charge >= 0.3 is 0 Å². The van der Waals surface area contributed by atoms with Gasteiger partial charge in [0.25, 0.3) is 0 Å². The molecule has 1 aromatic carbocycles. The summed E-state index contributed by atoms with van der Waals surface area (Å²) in [6, 6.07) is 11.7. The molecule has 1 aliphatic heterocycles. The molecule has 0 spiro atoms. The van der Waals surface area contributed by atoms with Crippen LogP contribution in [0.25, 0.3) is 0 Å². The molecular formula is C19H21FN2O2. The van der Waals surface area contributed by atoms with E-state index in [1.807, 2.05) is 18.2 Å². The third-order valence-electron chi connectivity index (χ3n) is 4.26. The summed E-state index contributed by atoms with van der Waals surface area (Å²) in [5, 5.41) is 2.97. The number of nitrogens with zero attached hydrogens (tertiary/aromatic N) is 1. The summed E-state index contributed by atoms with van der Waals surface area (Å²) < 4.78 is 18.7. The van der Waals surface area contributed by atoms with E-state index in [1.165, 1.54) is 12.1 Å². The lowest BCUT2D eigenvalue weighted by Gasteiger charge is -2.18. The Hall–Kier alpha value is -2.27. The molecule has 2 heterocycles. The summed E-state index contributed by atoms with van der Waals surface area (Å²) in [6.45, 7) is 1.27. The van der Waals surface area contributed by atoms with Gasteiger partial charge in [-0.2, -0.15) is 0 Å². The molecule has 1 aliphatic rings. The second kappa shape index (κ2) is 8.02. The van der Waals surface area contributed by atoms with Crippen LogP contribution in [0.2, 0.25) is 0 Å². The van der Waals surface area contributed by atoms with Crippen LogP contribution in [0.1, 0.15) is 30.0 Å². The number of ether oxygens (including phenoxy) is 1. The third-order valence-corrected chi connectivity index (χ3v) is 4.26. The summed E-state index contributed by atoms with van der Waals surface area (Å²) in [6.07, 6.45) is 4.29. The highest BCUT2D eigenvalue weighted by Gasteiger charge is 2.23. The van der Waals surface area contributed by atoms with Gasteiger partial charge in [0.1, 0.15) is 5.82 Å². The molecule has 5 heteroatoms. The molecule has 1 saturated heterocycles. The zero-order valence-corrected chi connectivity index (χ0v) is 13.5. The van der Waals surface area contributed by atoms with Gasteiger partial charge in [0.05, 0.1) is 12.0 Å². The molecular weight excluding hydrogens is 307 g/mol.